The third kappa shape index (κ3) is 14.4. The fourth-order valence-electron chi connectivity index (χ4n) is 7.31. The van der Waals surface area contributed by atoms with Gasteiger partial charge < -0.3 is 36.1 Å². The van der Waals surface area contributed by atoms with Crippen LogP contribution in [0.25, 0.3) is 0 Å². The number of anilines is 1. The van der Waals surface area contributed by atoms with Gasteiger partial charge >= 0.3 is 6.09 Å². The Morgan fingerprint density at radius 2 is 1.44 bits per heavy atom. The van der Waals surface area contributed by atoms with Crippen LogP contribution in [0.15, 0.2) is 41.6 Å². The normalized spacial score (nSPS) is 16.3. The molecule has 2 atom stereocenters. The van der Waals surface area contributed by atoms with Crippen molar-refractivity contribution < 1.29 is 33.4 Å². The molecule has 0 heterocycles. The molecule has 3 rings (SSSR count). The van der Waals surface area contributed by atoms with E-state index in [0.717, 1.165) is 36.0 Å². The molecule has 0 radical (unpaired) electrons. The first-order valence-electron chi connectivity index (χ1n) is 20.3. The van der Waals surface area contributed by atoms with Gasteiger partial charge in [-0.1, -0.05) is 60.6 Å². The molecule has 0 fully saturated rings. The molecule has 306 valence electrons. The van der Waals surface area contributed by atoms with Gasteiger partial charge in [-0.25, -0.2) is 4.79 Å². The van der Waals surface area contributed by atoms with E-state index < -0.39 is 6.09 Å². The van der Waals surface area contributed by atoms with Gasteiger partial charge in [-0.2, -0.15) is 0 Å². The summed E-state index contributed by atoms with van der Waals surface area (Å²) in [6, 6.07) is 5.84. The third-order valence-electron chi connectivity index (χ3n) is 10.8. The molecule has 0 aromatic heterocycles. The first-order chi connectivity index (χ1) is 26.1. The summed E-state index contributed by atoms with van der Waals surface area (Å²) in [5.74, 6) is -0.577. The Balaban J connectivity index is 1.69. The highest BCUT2D eigenvalue weighted by atomic mass is 16.5. The largest absolute Gasteiger partial charge is 0.449 e. The smallest absolute Gasteiger partial charge is 0.407 e. The van der Waals surface area contributed by atoms with Gasteiger partial charge in [0.05, 0.1) is 6.61 Å². The van der Waals surface area contributed by atoms with Crippen molar-refractivity contribution in [3.8, 4) is 0 Å². The van der Waals surface area contributed by atoms with Crippen molar-refractivity contribution in [3.05, 3.63) is 52.7 Å². The standard InChI is InChI=1S/C43H67N5O7/c1-9-43(10-2,29(4)5)48-41(53)55-28-36-34-26-30(46-39(51)16-12-14-37(49)44-23-22-42(6,7)8)18-20-32(34)33-21-19-31(27-35(33)36)47-40(52)17-13-15-38(50)45-24-25-54-11-3/h18-19,21,26-27,29,32,36H,9-17,20,22-25,28H2,1-8H3,(H,44,49)(H,45,50)(H,46,51)(H,47,52)(H,48,53). The summed E-state index contributed by atoms with van der Waals surface area (Å²) >= 11 is 0. The Morgan fingerprint density at radius 1 is 0.818 bits per heavy atom. The first-order valence-corrected chi connectivity index (χ1v) is 20.3. The number of hydrogen-bond acceptors (Lipinski definition) is 7. The summed E-state index contributed by atoms with van der Waals surface area (Å²) in [7, 11) is 0. The highest BCUT2D eigenvalue weighted by Gasteiger charge is 2.39. The van der Waals surface area contributed by atoms with E-state index in [4.69, 9.17) is 9.47 Å². The lowest BCUT2D eigenvalue weighted by molar-refractivity contribution is -0.123. The van der Waals surface area contributed by atoms with Crippen molar-refractivity contribution in [3.63, 3.8) is 0 Å². The number of amides is 5. The van der Waals surface area contributed by atoms with Crippen molar-refractivity contribution in [2.75, 3.05) is 38.2 Å². The number of fused-ring (bicyclic) bond motifs is 3. The minimum Gasteiger partial charge on any atom is -0.449 e. The SMILES string of the molecule is CCOCCNC(=O)CCCC(=O)Nc1ccc2c(c1)C(COC(=O)NC(CC)(CC)C(C)C)C1=CC(NC(=O)CCCC(=O)NCCC(C)(C)C)=CCC12. The topological polar surface area (TPSA) is 164 Å². The van der Waals surface area contributed by atoms with Crippen molar-refractivity contribution in [2.24, 2.45) is 11.3 Å². The molecule has 1 aromatic rings. The van der Waals surface area contributed by atoms with E-state index in [1.807, 2.05) is 37.3 Å². The molecule has 12 nitrogen and oxygen atoms in total. The molecule has 0 saturated carbocycles. The van der Waals surface area contributed by atoms with Crippen molar-refractivity contribution in [2.45, 2.75) is 137 Å². The molecule has 12 heteroatoms. The summed E-state index contributed by atoms with van der Waals surface area (Å²) in [4.78, 5) is 63.5. The molecule has 0 bridgehead atoms. The number of alkyl carbamates (subject to hydrolysis) is 1. The minimum absolute atomic E-state index is 0.0242. The maximum Gasteiger partial charge on any atom is 0.407 e. The van der Waals surface area contributed by atoms with Gasteiger partial charge in [-0.3, -0.25) is 19.2 Å². The number of allylic oxidation sites excluding steroid dienone is 2. The van der Waals surface area contributed by atoms with Crippen LogP contribution in [0.5, 0.6) is 0 Å². The van der Waals surface area contributed by atoms with Crippen molar-refractivity contribution in [1.29, 1.82) is 0 Å². The van der Waals surface area contributed by atoms with Crippen LogP contribution in [0.1, 0.15) is 143 Å². The van der Waals surface area contributed by atoms with E-state index in [-0.39, 0.29) is 84.6 Å². The molecule has 2 aliphatic carbocycles. The highest BCUT2D eigenvalue weighted by Crippen LogP contribution is 2.51. The number of carbonyl (C=O) groups is 5. The Bertz CT molecular complexity index is 1540. The second-order valence-electron chi connectivity index (χ2n) is 16.2. The van der Waals surface area contributed by atoms with Gasteiger partial charge in [0.15, 0.2) is 0 Å². The Hall–Kier alpha value is -4.19. The fraction of sp³-hybridized carbons (Fsp3) is 0.651. The molecule has 5 N–H and O–H groups in total. The molecule has 1 aromatic carbocycles. The summed E-state index contributed by atoms with van der Waals surface area (Å²) in [6.45, 7) is 18.8. The van der Waals surface area contributed by atoms with Gasteiger partial charge in [0, 0.05) is 74.1 Å². The van der Waals surface area contributed by atoms with Crippen LogP contribution < -0.4 is 26.6 Å². The second kappa shape index (κ2) is 21.8. The first kappa shape index (κ1) is 45.2. The van der Waals surface area contributed by atoms with Crippen molar-refractivity contribution in [1.82, 2.24) is 21.3 Å². The molecule has 2 unspecified atom stereocenters. The highest BCUT2D eigenvalue weighted by molar-refractivity contribution is 5.91. The summed E-state index contributed by atoms with van der Waals surface area (Å²) in [5, 5.41) is 14.9. The number of carbonyl (C=O) groups excluding carboxylic acids is 5. The number of nitrogens with one attached hydrogen (secondary N) is 5. The molecule has 5 amide bonds. The lowest BCUT2D eigenvalue weighted by atomic mass is 9.81. The van der Waals surface area contributed by atoms with Crippen LogP contribution in [-0.4, -0.2) is 68.2 Å². The van der Waals surface area contributed by atoms with E-state index in [1.54, 1.807) is 0 Å². The second-order valence-corrected chi connectivity index (χ2v) is 16.2. The van der Waals surface area contributed by atoms with Gasteiger partial charge in [-0.05, 0) is 91.7 Å². The fourth-order valence-corrected chi connectivity index (χ4v) is 7.31. The van der Waals surface area contributed by atoms with Gasteiger partial charge in [0.1, 0.15) is 6.61 Å². The van der Waals surface area contributed by atoms with Crippen LogP contribution in [0.3, 0.4) is 0 Å². The van der Waals surface area contributed by atoms with Crippen LogP contribution in [-0.2, 0) is 28.7 Å². The van der Waals surface area contributed by atoms with Gasteiger partial charge in [0.2, 0.25) is 23.6 Å². The zero-order chi connectivity index (χ0) is 40.6. The lowest BCUT2D eigenvalue weighted by Crippen LogP contribution is -2.51. The zero-order valence-corrected chi connectivity index (χ0v) is 34.6. The molecule has 0 aliphatic heterocycles. The molecular formula is C43H67N5O7. The Labute approximate surface area is 328 Å². The average molecular weight is 766 g/mol. The maximum atomic E-state index is 13.3. The molecule has 0 saturated heterocycles. The number of ether oxygens (including phenoxy) is 2. The lowest BCUT2D eigenvalue weighted by Gasteiger charge is -2.36. The van der Waals surface area contributed by atoms with Crippen LogP contribution in [0.4, 0.5) is 10.5 Å². The Morgan fingerprint density at radius 3 is 2.04 bits per heavy atom. The van der Waals surface area contributed by atoms with E-state index >= 15 is 0 Å². The summed E-state index contributed by atoms with van der Waals surface area (Å²) in [5.41, 5.74) is 4.12. The molecule has 0 spiro atoms. The number of rotatable bonds is 22. The maximum absolute atomic E-state index is 13.3. The quantitative estimate of drug-likeness (QED) is 0.0785. The summed E-state index contributed by atoms with van der Waals surface area (Å²) < 4.78 is 11.2. The van der Waals surface area contributed by atoms with E-state index in [0.29, 0.717) is 57.0 Å². The average Bonchev–Trinajstić information content (AvgIpc) is 3.42. The van der Waals surface area contributed by atoms with E-state index in [9.17, 15) is 24.0 Å². The van der Waals surface area contributed by atoms with Crippen LogP contribution in [0, 0.1) is 11.3 Å². The number of hydrogen-bond donors (Lipinski definition) is 5. The van der Waals surface area contributed by atoms with E-state index in [1.165, 1.54) is 0 Å². The minimum atomic E-state index is -0.475. The molecular weight excluding hydrogens is 699 g/mol. The predicted octanol–water partition coefficient (Wildman–Crippen LogP) is 7.12. The summed E-state index contributed by atoms with van der Waals surface area (Å²) in [6.07, 6.45) is 8.38. The molecule has 55 heavy (non-hydrogen) atoms. The van der Waals surface area contributed by atoms with E-state index in [2.05, 4.69) is 75.1 Å². The third-order valence-corrected chi connectivity index (χ3v) is 10.8. The zero-order valence-electron chi connectivity index (χ0n) is 34.6. The predicted molar refractivity (Wildman–Crippen MR) is 216 cm³/mol. The van der Waals surface area contributed by atoms with Crippen LogP contribution >= 0.6 is 0 Å². The Kier molecular flexibility index (Phi) is 17.9. The van der Waals surface area contributed by atoms with Crippen LogP contribution in [0.2, 0.25) is 0 Å². The van der Waals surface area contributed by atoms with Crippen molar-refractivity contribution >= 4 is 35.4 Å². The van der Waals surface area contributed by atoms with Gasteiger partial charge in [-0.15, -0.1) is 0 Å². The van der Waals surface area contributed by atoms with Gasteiger partial charge in [0.25, 0.3) is 0 Å². The monoisotopic (exact) mass is 766 g/mol. The molecule has 2 aliphatic rings. The number of benzene rings is 1.